The molecular formula is C19H28N2O. The third-order valence-electron chi connectivity index (χ3n) is 5.48. The smallest absolute Gasteiger partial charge is 0.222 e. The second-order valence-electron chi connectivity index (χ2n) is 7.07. The summed E-state index contributed by atoms with van der Waals surface area (Å²) in [6, 6.07) is 6.53. The van der Waals surface area contributed by atoms with Crippen LogP contribution in [0, 0.1) is 25.7 Å². The molecule has 1 aromatic rings. The monoisotopic (exact) mass is 300 g/mol. The summed E-state index contributed by atoms with van der Waals surface area (Å²) in [5.41, 5.74) is 3.92. The second-order valence-corrected chi connectivity index (χ2v) is 7.07. The largest absolute Gasteiger partial charge is 0.343 e. The molecule has 0 aliphatic carbocycles. The van der Waals surface area contributed by atoms with Crippen molar-refractivity contribution in [3.63, 3.8) is 0 Å². The van der Waals surface area contributed by atoms with E-state index in [0.29, 0.717) is 12.3 Å². The summed E-state index contributed by atoms with van der Waals surface area (Å²) < 4.78 is 0. The summed E-state index contributed by atoms with van der Waals surface area (Å²) in [5, 5.41) is 3.49. The van der Waals surface area contributed by atoms with Gasteiger partial charge in [0.2, 0.25) is 5.91 Å². The number of benzene rings is 1. The van der Waals surface area contributed by atoms with E-state index in [1.807, 2.05) is 0 Å². The molecule has 2 atom stereocenters. The predicted molar refractivity (Wildman–Crippen MR) is 89.9 cm³/mol. The molecule has 2 heterocycles. The number of fused-ring (bicyclic) bond motifs is 1. The van der Waals surface area contributed by atoms with E-state index in [-0.39, 0.29) is 0 Å². The first-order valence-electron chi connectivity index (χ1n) is 8.68. The van der Waals surface area contributed by atoms with Crippen LogP contribution in [0.1, 0.15) is 36.0 Å². The number of carbonyl (C=O) groups excluding carboxylic acids is 1. The molecule has 3 nitrogen and oxygen atoms in total. The summed E-state index contributed by atoms with van der Waals surface area (Å²) >= 11 is 0. The highest BCUT2D eigenvalue weighted by atomic mass is 16.2. The van der Waals surface area contributed by atoms with Gasteiger partial charge in [-0.05, 0) is 69.2 Å². The van der Waals surface area contributed by atoms with Crippen molar-refractivity contribution in [1.82, 2.24) is 10.2 Å². The third-order valence-corrected chi connectivity index (χ3v) is 5.48. The predicted octanol–water partition coefficient (Wildman–Crippen LogP) is 2.69. The lowest BCUT2D eigenvalue weighted by atomic mass is 9.92. The molecule has 3 heteroatoms. The lowest BCUT2D eigenvalue weighted by Crippen LogP contribution is -2.32. The second kappa shape index (κ2) is 6.82. The van der Waals surface area contributed by atoms with Gasteiger partial charge in [0, 0.05) is 19.5 Å². The average Bonchev–Trinajstić information content (AvgIpc) is 2.85. The average molecular weight is 300 g/mol. The molecule has 3 rings (SSSR count). The minimum absolute atomic E-state index is 0.341. The number of aryl methyl sites for hydroxylation is 3. The Hall–Kier alpha value is -1.35. The van der Waals surface area contributed by atoms with Crippen molar-refractivity contribution < 1.29 is 4.79 Å². The third kappa shape index (κ3) is 3.52. The first-order valence-corrected chi connectivity index (χ1v) is 8.68. The fourth-order valence-corrected chi connectivity index (χ4v) is 3.99. The summed E-state index contributed by atoms with van der Waals surface area (Å²) in [6.45, 7) is 8.46. The normalized spacial score (nSPS) is 24.9. The number of likely N-dealkylation sites (tertiary alicyclic amines) is 1. The molecule has 0 aromatic heterocycles. The molecule has 0 unspecified atom stereocenters. The molecule has 1 N–H and O–H groups in total. The van der Waals surface area contributed by atoms with E-state index in [1.165, 1.54) is 29.5 Å². The molecule has 2 aliphatic heterocycles. The van der Waals surface area contributed by atoms with Crippen LogP contribution in [0.5, 0.6) is 0 Å². The van der Waals surface area contributed by atoms with Gasteiger partial charge in [-0.15, -0.1) is 0 Å². The van der Waals surface area contributed by atoms with E-state index in [9.17, 15) is 4.79 Å². The molecule has 22 heavy (non-hydrogen) atoms. The van der Waals surface area contributed by atoms with Crippen LogP contribution in [0.3, 0.4) is 0 Å². The van der Waals surface area contributed by atoms with Crippen molar-refractivity contribution in [1.29, 1.82) is 0 Å². The van der Waals surface area contributed by atoms with Gasteiger partial charge in [0.05, 0.1) is 0 Å². The lowest BCUT2D eigenvalue weighted by molar-refractivity contribution is -0.131. The van der Waals surface area contributed by atoms with Crippen molar-refractivity contribution in [2.24, 2.45) is 11.8 Å². The van der Waals surface area contributed by atoms with E-state index in [1.54, 1.807) is 0 Å². The minimum Gasteiger partial charge on any atom is -0.343 e. The Bertz CT molecular complexity index is 526. The van der Waals surface area contributed by atoms with Gasteiger partial charge in [0.15, 0.2) is 0 Å². The lowest BCUT2D eigenvalue weighted by Gasteiger charge is -2.21. The van der Waals surface area contributed by atoms with Crippen molar-refractivity contribution in [3.8, 4) is 0 Å². The van der Waals surface area contributed by atoms with E-state index >= 15 is 0 Å². The molecule has 2 saturated heterocycles. The molecule has 0 spiro atoms. The van der Waals surface area contributed by atoms with Crippen LogP contribution in [0.2, 0.25) is 0 Å². The van der Waals surface area contributed by atoms with Crippen molar-refractivity contribution in [2.75, 3.05) is 26.2 Å². The fraction of sp³-hybridized carbons (Fsp3) is 0.632. The van der Waals surface area contributed by atoms with Crippen molar-refractivity contribution in [2.45, 2.75) is 39.5 Å². The molecule has 0 radical (unpaired) electrons. The van der Waals surface area contributed by atoms with Crippen LogP contribution in [0.15, 0.2) is 18.2 Å². The number of nitrogens with zero attached hydrogens (tertiary/aromatic N) is 1. The first-order chi connectivity index (χ1) is 10.6. The standard InChI is InChI=1S/C19H28N2O/c1-14-3-4-16(15(2)11-14)5-6-19(22)21-9-7-17-12-20-13-18(17)8-10-21/h3-4,11,17-18,20H,5-10,12-13H2,1-2H3/t17-,18+. The zero-order valence-corrected chi connectivity index (χ0v) is 13.9. The first kappa shape index (κ1) is 15.5. The van der Waals surface area contributed by atoms with Gasteiger partial charge in [-0.2, -0.15) is 0 Å². The highest BCUT2D eigenvalue weighted by molar-refractivity contribution is 5.76. The summed E-state index contributed by atoms with van der Waals surface area (Å²) in [7, 11) is 0. The van der Waals surface area contributed by atoms with Crippen molar-refractivity contribution >= 4 is 5.91 Å². The zero-order chi connectivity index (χ0) is 15.5. The quantitative estimate of drug-likeness (QED) is 0.931. The Balaban J connectivity index is 1.53. The van der Waals surface area contributed by atoms with Gasteiger partial charge >= 0.3 is 0 Å². The van der Waals surface area contributed by atoms with Crippen LogP contribution in [-0.2, 0) is 11.2 Å². The van der Waals surface area contributed by atoms with E-state index < -0.39 is 0 Å². The van der Waals surface area contributed by atoms with Gasteiger partial charge in [0.1, 0.15) is 0 Å². The van der Waals surface area contributed by atoms with E-state index in [0.717, 1.165) is 44.4 Å². The van der Waals surface area contributed by atoms with Crippen molar-refractivity contribution in [3.05, 3.63) is 34.9 Å². The summed E-state index contributed by atoms with van der Waals surface area (Å²) in [4.78, 5) is 14.6. The number of amides is 1. The Kier molecular flexibility index (Phi) is 4.82. The number of hydrogen-bond acceptors (Lipinski definition) is 2. The maximum atomic E-state index is 12.5. The SMILES string of the molecule is Cc1ccc(CCC(=O)N2CC[C@@H]3CNC[C@@H]3CC2)c(C)c1. The summed E-state index contributed by atoms with van der Waals surface area (Å²) in [5.74, 6) is 1.92. The number of carbonyl (C=O) groups is 1. The number of nitrogens with one attached hydrogen (secondary N) is 1. The Morgan fingerprint density at radius 2 is 1.86 bits per heavy atom. The van der Waals surface area contributed by atoms with Gasteiger partial charge in [-0.25, -0.2) is 0 Å². The molecular weight excluding hydrogens is 272 g/mol. The fourth-order valence-electron chi connectivity index (χ4n) is 3.99. The van der Waals surface area contributed by atoms with Gasteiger partial charge in [-0.3, -0.25) is 4.79 Å². The molecule has 120 valence electrons. The topological polar surface area (TPSA) is 32.3 Å². The molecule has 2 fully saturated rings. The van der Waals surface area contributed by atoms with Crippen LogP contribution in [0.25, 0.3) is 0 Å². The van der Waals surface area contributed by atoms with Crippen LogP contribution in [0.4, 0.5) is 0 Å². The number of hydrogen-bond donors (Lipinski definition) is 1. The molecule has 1 amide bonds. The van der Waals surface area contributed by atoms with Crippen LogP contribution < -0.4 is 5.32 Å². The Morgan fingerprint density at radius 3 is 2.50 bits per heavy atom. The maximum absolute atomic E-state index is 12.5. The molecule has 1 aromatic carbocycles. The molecule has 0 saturated carbocycles. The molecule has 0 bridgehead atoms. The van der Waals surface area contributed by atoms with Gasteiger partial charge in [0.25, 0.3) is 0 Å². The van der Waals surface area contributed by atoms with Gasteiger partial charge < -0.3 is 10.2 Å². The highest BCUT2D eigenvalue weighted by Crippen LogP contribution is 2.27. The van der Waals surface area contributed by atoms with Gasteiger partial charge in [-0.1, -0.05) is 23.8 Å². The minimum atomic E-state index is 0.341. The van der Waals surface area contributed by atoms with Crippen LogP contribution in [-0.4, -0.2) is 37.0 Å². The van der Waals surface area contributed by atoms with E-state index in [4.69, 9.17) is 0 Å². The summed E-state index contributed by atoms with van der Waals surface area (Å²) in [6.07, 6.45) is 3.87. The maximum Gasteiger partial charge on any atom is 0.222 e. The molecule has 2 aliphatic rings. The Morgan fingerprint density at radius 1 is 1.18 bits per heavy atom. The highest BCUT2D eigenvalue weighted by Gasteiger charge is 2.31. The van der Waals surface area contributed by atoms with Crippen LogP contribution >= 0.6 is 0 Å². The number of rotatable bonds is 3. The Labute approximate surface area is 134 Å². The zero-order valence-electron chi connectivity index (χ0n) is 13.9. The van der Waals surface area contributed by atoms with E-state index in [2.05, 4.69) is 42.3 Å².